The molecule has 1 aliphatic heterocycles. The Morgan fingerprint density at radius 3 is 2.45 bits per heavy atom. The molecule has 6 heteroatoms. The average molecular weight is 291 g/mol. The summed E-state index contributed by atoms with van der Waals surface area (Å²) in [7, 11) is 0. The van der Waals surface area contributed by atoms with E-state index >= 15 is 0 Å². The molecule has 22 heavy (non-hydrogen) atoms. The summed E-state index contributed by atoms with van der Waals surface area (Å²) in [6.45, 7) is 2.80. The minimum absolute atomic E-state index is 0.0205. The van der Waals surface area contributed by atoms with Crippen molar-refractivity contribution in [3.8, 4) is 12.1 Å². The summed E-state index contributed by atoms with van der Waals surface area (Å²) < 4.78 is 1.43. The van der Waals surface area contributed by atoms with Gasteiger partial charge in [0.25, 0.3) is 5.56 Å². The topological polar surface area (TPSA) is 84.8 Å². The predicted octanol–water partition coefficient (Wildman–Crippen LogP) is 1.75. The molecule has 0 unspecified atom stereocenters. The standard InChI is InChI=1S/C16H13N5O/c1-11-2-4-14(5-3-11)20-9-19-15-12(7-17)6-13(8-18)16(22)21(15)10-20/h2-6,19H,9-10H2,1H3. The van der Waals surface area contributed by atoms with Gasteiger partial charge in [-0.05, 0) is 25.1 Å². The van der Waals surface area contributed by atoms with Crippen LogP contribution in [0.1, 0.15) is 16.7 Å². The summed E-state index contributed by atoms with van der Waals surface area (Å²) in [6, 6.07) is 13.2. The molecule has 0 bridgehead atoms. The highest BCUT2D eigenvalue weighted by Gasteiger charge is 2.21. The Labute approximate surface area is 127 Å². The van der Waals surface area contributed by atoms with E-state index in [0.29, 0.717) is 24.7 Å². The number of benzene rings is 1. The van der Waals surface area contributed by atoms with Gasteiger partial charge < -0.3 is 10.2 Å². The predicted molar refractivity (Wildman–Crippen MR) is 82.3 cm³/mol. The molecule has 1 aliphatic rings. The Kier molecular flexibility index (Phi) is 3.28. The minimum atomic E-state index is -0.388. The van der Waals surface area contributed by atoms with E-state index in [1.54, 1.807) is 0 Å². The van der Waals surface area contributed by atoms with E-state index in [0.717, 1.165) is 11.3 Å². The van der Waals surface area contributed by atoms with E-state index in [-0.39, 0.29) is 11.1 Å². The lowest BCUT2D eigenvalue weighted by Gasteiger charge is -2.33. The molecule has 2 heterocycles. The first-order valence-electron chi connectivity index (χ1n) is 6.77. The third-order valence-electron chi connectivity index (χ3n) is 3.68. The Morgan fingerprint density at radius 2 is 1.82 bits per heavy atom. The highest BCUT2D eigenvalue weighted by molar-refractivity contribution is 5.59. The molecule has 0 aliphatic carbocycles. The highest BCUT2D eigenvalue weighted by Crippen LogP contribution is 2.23. The lowest BCUT2D eigenvalue weighted by Crippen LogP contribution is -2.43. The number of nitriles is 2. The van der Waals surface area contributed by atoms with Gasteiger partial charge in [0, 0.05) is 5.69 Å². The van der Waals surface area contributed by atoms with Crippen molar-refractivity contribution in [2.45, 2.75) is 13.6 Å². The third kappa shape index (κ3) is 2.17. The van der Waals surface area contributed by atoms with Gasteiger partial charge in [-0.2, -0.15) is 10.5 Å². The maximum atomic E-state index is 12.3. The number of nitrogens with one attached hydrogen (secondary N) is 1. The second-order valence-corrected chi connectivity index (χ2v) is 5.13. The number of hydrogen-bond donors (Lipinski definition) is 1. The van der Waals surface area contributed by atoms with Crippen LogP contribution in [0.5, 0.6) is 0 Å². The summed E-state index contributed by atoms with van der Waals surface area (Å²) >= 11 is 0. The van der Waals surface area contributed by atoms with Crippen LogP contribution < -0.4 is 15.8 Å². The first-order valence-corrected chi connectivity index (χ1v) is 6.77. The van der Waals surface area contributed by atoms with E-state index in [4.69, 9.17) is 5.26 Å². The second-order valence-electron chi connectivity index (χ2n) is 5.13. The Morgan fingerprint density at radius 1 is 1.14 bits per heavy atom. The van der Waals surface area contributed by atoms with Gasteiger partial charge in [-0.25, -0.2) is 0 Å². The Hall–Kier alpha value is -3.25. The Balaban J connectivity index is 2.06. The zero-order valence-electron chi connectivity index (χ0n) is 12.0. The van der Waals surface area contributed by atoms with Crippen LogP contribution in [0.3, 0.4) is 0 Å². The third-order valence-corrected chi connectivity index (χ3v) is 3.68. The van der Waals surface area contributed by atoms with Gasteiger partial charge in [0.05, 0.1) is 12.2 Å². The molecule has 108 valence electrons. The van der Waals surface area contributed by atoms with Crippen molar-refractivity contribution < 1.29 is 0 Å². The Bertz CT molecular complexity index is 868. The van der Waals surface area contributed by atoms with Crippen LogP contribution in [0.25, 0.3) is 0 Å². The molecule has 3 rings (SSSR count). The monoisotopic (exact) mass is 291 g/mol. The van der Waals surface area contributed by atoms with Gasteiger partial charge in [0.1, 0.15) is 30.2 Å². The molecule has 0 saturated carbocycles. The van der Waals surface area contributed by atoms with Crippen molar-refractivity contribution in [2.24, 2.45) is 0 Å². The van der Waals surface area contributed by atoms with Crippen LogP contribution in [0.2, 0.25) is 0 Å². The zero-order valence-corrected chi connectivity index (χ0v) is 12.0. The molecule has 1 aromatic carbocycles. The zero-order chi connectivity index (χ0) is 15.7. The molecular weight excluding hydrogens is 278 g/mol. The van der Waals surface area contributed by atoms with Crippen LogP contribution in [-0.4, -0.2) is 11.2 Å². The molecule has 0 atom stereocenters. The van der Waals surface area contributed by atoms with Crippen LogP contribution in [-0.2, 0) is 6.67 Å². The first-order chi connectivity index (χ1) is 10.6. The van der Waals surface area contributed by atoms with Crippen molar-refractivity contribution in [1.29, 1.82) is 10.5 Å². The fourth-order valence-corrected chi connectivity index (χ4v) is 2.48. The van der Waals surface area contributed by atoms with Gasteiger partial charge >= 0.3 is 0 Å². The van der Waals surface area contributed by atoms with Crippen LogP contribution in [0.15, 0.2) is 35.1 Å². The van der Waals surface area contributed by atoms with E-state index in [2.05, 4.69) is 5.32 Å². The second kappa shape index (κ2) is 5.27. The molecule has 0 saturated heterocycles. The van der Waals surface area contributed by atoms with Gasteiger partial charge in [0.15, 0.2) is 0 Å². The minimum Gasteiger partial charge on any atom is -0.353 e. The fraction of sp³-hybridized carbons (Fsp3) is 0.188. The molecule has 0 amide bonds. The molecule has 2 aromatic rings. The van der Waals surface area contributed by atoms with Crippen molar-refractivity contribution in [3.63, 3.8) is 0 Å². The maximum Gasteiger partial charge on any atom is 0.271 e. The molecular formula is C16H13N5O. The van der Waals surface area contributed by atoms with Crippen LogP contribution in [0.4, 0.5) is 11.5 Å². The van der Waals surface area contributed by atoms with Gasteiger partial charge in [0.2, 0.25) is 0 Å². The molecule has 6 nitrogen and oxygen atoms in total. The number of aryl methyl sites for hydroxylation is 1. The van der Waals surface area contributed by atoms with Crippen molar-refractivity contribution in [2.75, 3.05) is 16.9 Å². The van der Waals surface area contributed by atoms with Crippen molar-refractivity contribution in [3.05, 3.63) is 57.4 Å². The SMILES string of the molecule is Cc1ccc(N2CNc3c(C#N)cc(C#N)c(=O)n3C2)cc1. The number of aromatic nitrogens is 1. The van der Waals surface area contributed by atoms with Crippen LogP contribution >= 0.6 is 0 Å². The summed E-state index contributed by atoms with van der Waals surface area (Å²) in [5, 5.41) is 21.3. The van der Waals surface area contributed by atoms with Crippen LogP contribution in [0, 0.1) is 29.6 Å². The average Bonchev–Trinajstić information content (AvgIpc) is 2.56. The van der Waals surface area contributed by atoms with Gasteiger partial charge in [-0.3, -0.25) is 9.36 Å². The smallest absolute Gasteiger partial charge is 0.271 e. The van der Waals surface area contributed by atoms with E-state index < -0.39 is 0 Å². The summed E-state index contributed by atoms with van der Waals surface area (Å²) in [4.78, 5) is 14.3. The lowest BCUT2D eigenvalue weighted by molar-refractivity contribution is 0.602. The quantitative estimate of drug-likeness (QED) is 0.865. The molecule has 1 N–H and O–H groups in total. The molecule has 0 fully saturated rings. The van der Waals surface area contributed by atoms with E-state index in [9.17, 15) is 10.1 Å². The largest absolute Gasteiger partial charge is 0.353 e. The van der Waals surface area contributed by atoms with Crippen molar-refractivity contribution in [1.82, 2.24) is 4.57 Å². The number of rotatable bonds is 1. The number of pyridine rings is 1. The summed E-state index contributed by atoms with van der Waals surface area (Å²) in [5.74, 6) is 0.467. The number of fused-ring (bicyclic) bond motifs is 1. The van der Waals surface area contributed by atoms with Gasteiger partial charge in [-0.1, -0.05) is 17.7 Å². The lowest BCUT2D eigenvalue weighted by atomic mass is 10.2. The molecule has 0 radical (unpaired) electrons. The first kappa shape index (κ1) is 13.7. The highest BCUT2D eigenvalue weighted by atomic mass is 16.1. The van der Waals surface area contributed by atoms with Crippen molar-refractivity contribution >= 4 is 11.5 Å². The molecule has 0 spiro atoms. The summed E-state index contributed by atoms with van der Waals surface area (Å²) in [5.41, 5.74) is 2.02. The maximum absolute atomic E-state index is 12.3. The number of nitrogens with zero attached hydrogens (tertiary/aromatic N) is 4. The number of hydrogen-bond acceptors (Lipinski definition) is 5. The molecule has 1 aromatic heterocycles. The van der Waals surface area contributed by atoms with Gasteiger partial charge in [-0.15, -0.1) is 0 Å². The normalized spacial score (nSPS) is 12.8. The summed E-state index contributed by atoms with van der Waals surface area (Å²) in [6.07, 6.45) is 0. The van der Waals surface area contributed by atoms with E-state index in [1.165, 1.54) is 10.6 Å². The fourth-order valence-electron chi connectivity index (χ4n) is 2.48. The van der Waals surface area contributed by atoms with E-state index in [1.807, 2.05) is 48.2 Å². The number of anilines is 2.